The van der Waals surface area contributed by atoms with Crippen molar-refractivity contribution in [2.75, 3.05) is 7.11 Å². The zero-order valence-corrected chi connectivity index (χ0v) is 11.1. The van der Waals surface area contributed by atoms with Gasteiger partial charge in [-0.05, 0) is 36.2 Å². The van der Waals surface area contributed by atoms with Crippen LogP contribution >= 0.6 is 11.3 Å². The molecule has 1 unspecified atom stereocenters. The molecule has 1 aromatic carbocycles. The Hall–Kier alpha value is -1.19. The van der Waals surface area contributed by atoms with E-state index in [0.29, 0.717) is 6.42 Å². The molecular formula is C14H16O2S. The maximum absolute atomic E-state index is 12.5. The summed E-state index contributed by atoms with van der Waals surface area (Å²) in [5.41, 5.74) is 0.0434. The lowest BCUT2D eigenvalue weighted by Gasteiger charge is -2.25. The van der Waals surface area contributed by atoms with Crippen LogP contribution in [0.1, 0.15) is 30.6 Å². The molecule has 2 rings (SSSR count). The standard InChI is InChI=1S/C14H16O2S/c1-4-14(2,16-3)13(15)11-7-5-6-10-8-9-17-12(10)11/h5-9H,4H2,1-3H3. The number of carbonyl (C=O) groups excluding carboxylic acids is 1. The molecule has 0 radical (unpaired) electrons. The Labute approximate surface area is 105 Å². The third-order valence-corrected chi connectivity index (χ3v) is 4.29. The molecule has 1 aromatic heterocycles. The lowest BCUT2D eigenvalue weighted by atomic mass is 9.91. The Bertz CT molecular complexity index is 538. The van der Waals surface area contributed by atoms with Crippen LogP contribution in [0.3, 0.4) is 0 Å². The number of ether oxygens (including phenoxy) is 1. The predicted molar refractivity (Wildman–Crippen MR) is 71.9 cm³/mol. The molecule has 0 saturated carbocycles. The Kier molecular flexibility index (Phi) is 3.31. The number of hydrogen-bond donors (Lipinski definition) is 0. The third-order valence-electron chi connectivity index (χ3n) is 3.33. The summed E-state index contributed by atoms with van der Waals surface area (Å²) in [6.07, 6.45) is 0.671. The Morgan fingerprint density at radius 1 is 1.41 bits per heavy atom. The number of rotatable bonds is 4. The van der Waals surface area contributed by atoms with E-state index in [1.54, 1.807) is 18.4 Å². The molecule has 0 aliphatic carbocycles. The molecule has 0 fully saturated rings. The summed E-state index contributed by atoms with van der Waals surface area (Å²) in [6, 6.07) is 7.87. The molecule has 17 heavy (non-hydrogen) atoms. The van der Waals surface area contributed by atoms with Gasteiger partial charge in [0, 0.05) is 17.4 Å². The second-order valence-electron chi connectivity index (χ2n) is 4.26. The summed E-state index contributed by atoms with van der Waals surface area (Å²) in [5, 5.41) is 3.13. The highest BCUT2D eigenvalue weighted by Gasteiger charge is 2.32. The molecule has 2 nitrogen and oxygen atoms in total. The lowest BCUT2D eigenvalue weighted by molar-refractivity contribution is 0.0108. The Morgan fingerprint density at radius 3 is 2.82 bits per heavy atom. The predicted octanol–water partition coefficient (Wildman–Crippen LogP) is 3.90. The van der Waals surface area contributed by atoms with Crippen LogP contribution in [0, 0.1) is 0 Å². The second-order valence-corrected chi connectivity index (χ2v) is 5.18. The number of Topliss-reactive ketones (excluding diaryl/α,β-unsaturated/α-hetero) is 1. The molecule has 0 aliphatic rings. The number of carbonyl (C=O) groups is 1. The van der Waals surface area contributed by atoms with Crippen LogP contribution in [-0.2, 0) is 4.74 Å². The molecule has 2 aromatic rings. The molecule has 0 aliphatic heterocycles. The largest absolute Gasteiger partial charge is 0.370 e. The summed E-state index contributed by atoms with van der Waals surface area (Å²) in [5.74, 6) is 0.0653. The van der Waals surface area contributed by atoms with Gasteiger partial charge in [-0.1, -0.05) is 19.1 Å². The number of fused-ring (bicyclic) bond motifs is 1. The van der Waals surface area contributed by atoms with Crippen LogP contribution in [0.25, 0.3) is 10.1 Å². The van der Waals surface area contributed by atoms with Crippen molar-refractivity contribution in [1.82, 2.24) is 0 Å². The van der Waals surface area contributed by atoms with Gasteiger partial charge in [0.2, 0.25) is 0 Å². The van der Waals surface area contributed by atoms with E-state index in [2.05, 4.69) is 0 Å². The molecule has 0 saturated heterocycles. The van der Waals surface area contributed by atoms with E-state index >= 15 is 0 Å². The van der Waals surface area contributed by atoms with Crippen LogP contribution in [0.4, 0.5) is 0 Å². The van der Waals surface area contributed by atoms with Crippen molar-refractivity contribution < 1.29 is 9.53 Å². The van der Waals surface area contributed by atoms with Crippen LogP contribution in [0.15, 0.2) is 29.6 Å². The average molecular weight is 248 g/mol. The van der Waals surface area contributed by atoms with Crippen LogP contribution in [0.2, 0.25) is 0 Å². The lowest BCUT2D eigenvalue weighted by Crippen LogP contribution is -2.36. The van der Waals surface area contributed by atoms with Crippen molar-refractivity contribution in [3.8, 4) is 0 Å². The second kappa shape index (κ2) is 4.59. The first-order valence-corrected chi connectivity index (χ1v) is 6.56. The number of hydrogen-bond acceptors (Lipinski definition) is 3. The molecular weight excluding hydrogens is 232 g/mol. The molecule has 90 valence electrons. The molecule has 3 heteroatoms. The SMILES string of the molecule is CCC(C)(OC)C(=O)c1cccc2ccsc12. The maximum Gasteiger partial charge on any atom is 0.195 e. The molecule has 0 bridgehead atoms. The van der Waals surface area contributed by atoms with Crippen LogP contribution in [-0.4, -0.2) is 18.5 Å². The summed E-state index contributed by atoms with van der Waals surface area (Å²) in [6.45, 7) is 3.82. The quantitative estimate of drug-likeness (QED) is 0.767. The Morgan fingerprint density at radius 2 is 2.18 bits per heavy atom. The summed E-state index contributed by atoms with van der Waals surface area (Å²) in [7, 11) is 1.59. The van der Waals surface area contributed by atoms with Gasteiger partial charge in [0.25, 0.3) is 0 Å². The van der Waals surface area contributed by atoms with E-state index in [9.17, 15) is 4.79 Å². The van der Waals surface area contributed by atoms with E-state index in [0.717, 1.165) is 15.6 Å². The number of methoxy groups -OCH3 is 1. The van der Waals surface area contributed by atoms with E-state index in [-0.39, 0.29) is 5.78 Å². The zero-order valence-electron chi connectivity index (χ0n) is 10.3. The van der Waals surface area contributed by atoms with Gasteiger partial charge in [0.15, 0.2) is 5.78 Å². The van der Waals surface area contributed by atoms with Crippen molar-refractivity contribution in [1.29, 1.82) is 0 Å². The molecule has 1 atom stereocenters. The van der Waals surface area contributed by atoms with E-state index in [1.807, 2.05) is 43.5 Å². The zero-order chi connectivity index (χ0) is 12.5. The van der Waals surface area contributed by atoms with Gasteiger partial charge in [-0.25, -0.2) is 0 Å². The highest BCUT2D eigenvalue weighted by Crippen LogP contribution is 2.29. The summed E-state index contributed by atoms with van der Waals surface area (Å²) in [4.78, 5) is 12.5. The van der Waals surface area contributed by atoms with Crippen molar-refractivity contribution in [2.24, 2.45) is 0 Å². The fraction of sp³-hybridized carbons (Fsp3) is 0.357. The first-order valence-electron chi connectivity index (χ1n) is 5.68. The normalized spacial score (nSPS) is 14.8. The van der Waals surface area contributed by atoms with Gasteiger partial charge < -0.3 is 4.74 Å². The van der Waals surface area contributed by atoms with Crippen LogP contribution in [0.5, 0.6) is 0 Å². The number of ketones is 1. The number of thiophene rings is 1. The fourth-order valence-corrected chi connectivity index (χ4v) is 2.76. The van der Waals surface area contributed by atoms with Crippen molar-refractivity contribution in [3.63, 3.8) is 0 Å². The summed E-state index contributed by atoms with van der Waals surface area (Å²) >= 11 is 1.60. The first kappa shape index (κ1) is 12.3. The Balaban J connectivity index is 2.53. The van der Waals surface area contributed by atoms with E-state index < -0.39 is 5.60 Å². The van der Waals surface area contributed by atoms with E-state index in [4.69, 9.17) is 4.74 Å². The topological polar surface area (TPSA) is 26.3 Å². The highest BCUT2D eigenvalue weighted by molar-refractivity contribution is 7.17. The average Bonchev–Trinajstić information content (AvgIpc) is 2.85. The monoisotopic (exact) mass is 248 g/mol. The molecule has 0 spiro atoms. The van der Waals surface area contributed by atoms with Crippen molar-refractivity contribution in [3.05, 3.63) is 35.2 Å². The van der Waals surface area contributed by atoms with Crippen molar-refractivity contribution in [2.45, 2.75) is 25.9 Å². The van der Waals surface area contributed by atoms with Gasteiger partial charge >= 0.3 is 0 Å². The van der Waals surface area contributed by atoms with Gasteiger partial charge in [-0.15, -0.1) is 11.3 Å². The minimum Gasteiger partial charge on any atom is -0.370 e. The number of benzene rings is 1. The first-order chi connectivity index (χ1) is 8.12. The minimum absolute atomic E-state index is 0.0653. The third kappa shape index (κ3) is 2.01. The molecule has 1 heterocycles. The van der Waals surface area contributed by atoms with Gasteiger partial charge in [-0.3, -0.25) is 4.79 Å². The van der Waals surface area contributed by atoms with E-state index in [1.165, 1.54) is 0 Å². The minimum atomic E-state index is -0.724. The molecule has 0 amide bonds. The molecule has 0 N–H and O–H groups in total. The van der Waals surface area contributed by atoms with Gasteiger partial charge in [0.05, 0.1) is 0 Å². The van der Waals surface area contributed by atoms with Crippen LogP contribution < -0.4 is 0 Å². The summed E-state index contributed by atoms with van der Waals surface area (Å²) < 4.78 is 6.43. The highest BCUT2D eigenvalue weighted by atomic mass is 32.1. The smallest absolute Gasteiger partial charge is 0.195 e. The van der Waals surface area contributed by atoms with Gasteiger partial charge in [0.1, 0.15) is 5.60 Å². The maximum atomic E-state index is 12.5. The van der Waals surface area contributed by atoms with Gasteiger partial charge in [-0.2, -0.15) is 0 Å². The van der Waals surface area contributed by atoms with Crippen molar-refractivity contribution >= 4 is 27.2 Å². The fourth-order valence-electron chi connectivity index (χ4n) is 1.85.